The van der Waals surface area contributed by atoms with Gasteiger partial charge in [0.05, 0.1) is 6.61 Å². The summed E-state index contributed by atoms with van der Waals surface area (Å²) in [5.74, 6) is 0.498. The molecule has 0 bridgehead atoms. The Morgan fingerprint density at radius 1 is 1.37 bits per heavy atom. The number of hydrogen-bond donors (Lipinski definition) is 1. The smallest absolute Gasteiger partial charge is 0.301 e. The monoisotopic (exact) mass is 271 g/mol. The summed E-state index contributed by atoms with van der Waals surface area (Å²) in [5.41, 5.74) is 6.92. The minimum atomic E-state index is 0.202. The number of aromatic nitrogens is 1. The summed E-state index contributed by atoms with van der Waals surface area (Å²) < 4.78 is 5.38. The molecule has 0 radical (unpaired) electrons. The van der Waals surface area contributed by atoms with Gasteiger partial charge in [0.15, 0.2) is 5.56 Å². The Labute approximate surface area is 114 Å². The molecule has 0 spiro atoms. The molecule has 6 heteroatoms. The maximum Gasteiger partial charge on any atom is 0.301 e. The number of nitrogen functional groups attached to an aromatic ring is 1. The third-order valence-corrected chi connectivity index (χ3v) is 3.41. The number of nitrogens with one attached hydrogen (secondary N) is 1. The van der Waals surface area contributed by atoms with Gasteiger partial charge >= 0.3 is 5.88 Å². The van der Waals surface area contributed by atoms with Gasteiger partial charge in [0.2, 0.25) is 0 Å². The quantitative estimate of drug-likeness (QED) is 0.922. The average Bonchev–Trinajstić information content (AvgIpc) is 2.92. The van der Waals surface area contributed by atoms with Crippen molar-refractivity contribution >= 4 is 17.2 Å². The topological polar surface area (TPSA) is 97.0 Å². The zero-order valence-electron chi connectivity index (χ0n) is 10.2. The van der Waals surface area contributed by atoms with Gasteiger partial charge in [-0.2, -0.15) is 10.5 Å². The van der Waals surface area contributed by atoms with E-state index in [1.807, 2.05) is 30.5 Å². The van der Waals surface area contributed by atoms with Crippen LogP contribution in [-0.4, -0.2) is 6.61 Å². The molecule has 2 rings (SSSR count). The van der Waals surface area contributed by atoms with E-state index < -0.39 is 0 Å². The zero-order chi connectivity index (χ0) is 13.8. The highest BCUT2D eigenvalue weighted by atomic mass is 32.1. The molecule has 0 aliphatic carbocycles. The van der Waals surface area contributed by atoms with Crippen LogP contribution in [0.4, 0.5) is 5.82 Å². The molecular formula is C13H11N4OS+. The van der Waals surface area contributed by atoms with Gasteiger partial charge in [0, 0.05) is 10.4 Å². The summed E-state index contributed by atoms with van der Waals surface area (Å²) >= 11 is 1.44. The Balaban J connectivity index is 2.81. The number of pyridine rings is 1. The van der Waals surface area contributed by atoms with E-state index >= 15 is 0 Å². The SMILES string of the molecule is CCOc1[nH+]c(N)c(C#N)c(-c2cccs2)c1C#N. The van der Waals surface area contributed by atoms with Crippen LogP contribution in [0.15, 0.2) is 17.5 Å². The average molecular weight is 271 g/mol. The predicted octanol–water partition coefficient (Wildman–Crippen LogP) is 1.95. The molecule has 3 N–H and O–H groups in total. The van der Waals surface area contributed by atoms with E-state index in [0.717, 1.165) is 4.88 Å². The van der Waals surface area contributed by atoms with Crippen molar-refractivity contribution in [2.45, 2.75) is 6.92 Å². The molecule has 0 atom stereocenters. The van der Waals surface area contributed by atoms with Gasteiger partial charge in [-0.1, -0.05) is 6.07 Å². The van der Waals surface area contributed by atoms with Gasteiger partial charge in [0.25, 0.3) is 5.82 Å². The number of hydrogen-bond acceptors (Lipinski definition) is 5. The highest BCUT2D eigenvalue weighted by molar-refractivity contribution is 7.13. The Morgan fingerprint density at radius 3 is 2.63 bits per heavy atom. The summed E-state index contributed by atoms with van der Waals surface area (Å²) in [6.45, 7) is 2.22. The first-order valence-corrected chi connectivity index (χ1v) is 6.46. The van der Waals surface area contributed by atoms with E-state index in [1.165, 1.54) is 11.3 Å². The minimum Gasteiger partial charge on any atom is -0.462 e. The van der Waals surface area contributed by atoms with E-state index in [1.54, 1.807) is 0 Å². The molecule has 0 saturated heterocycles. The largest absolute Gasteiger partial charge is 0.462 e. The number of H-pyrrole nitrogens is 1. The van der Waals surface area contributed by atoms with E-state index in [9.17, 15) is 10.5 Å². The maximum atomic E-state index is 9.34. The molecule has 0 unspecified atom stereocenters. The molecule has 2 aromatic heterocycles. The molecule has 0 aromatic carbocycles. The maximum absolute atomic E-state index is 9.34. The lowest BCUT2D eigenvalue weighted by Crippen LogP contribution is -2.19. The van der Waals surface area contributed by atoms with Crippen LogP contribution >= 0.6 is 11.3 Å². The molecule has 2 aromatic rings. The Hall–Kier alpha value is -2.57. The number of aromatic amines is 1. The van der Waals surface area contributed by atoms with Crippen LogP contribution in [0.25, 0.3) is 10.4 Å². The number of nitrogens with two attached hydrogens (primary N) is 1. The molecule has 19 heavy (non-hydrogen) atoms. The second kappa shape index (κ2) is 5.38. The standard InChI is InChI=1S/C13H10N4OS/c1-2-18-13-9(7-15)11(10-4-3-5-19-10)8(6-14)12(16)17-13/h3-5H,2H2,1H3,(H2,16,17)/p+1. The van der Waals surface area contributed by atoms with Crippen LogP contribution in [0.3, 0.4) is 0 Å². The van der Waals surface area contributed by atoms with E-state index in [2.05, 4.69) is 11.1 Å². The first-order valence-electron chi connectivity index (χ1n) is 5.58. The predicted molar refractivity (Wildman–Crippen MR) is 71.3 cm³/mol. The summed E-state index contributed by atoms with van der Waals surface area (Å²) in [6.07, 6.45) is 0. The van der Waals surface area contributed by atoms with Crippen LogP contribution in [0.1, 0.15) is 18.1 Å². The fraction of sp³-hybridized carbons (Fsp3) is 0.154. The Morgan fingerprint density at radius 2 is 2.11 bits per heavy atom. The van der Waals surface area contributed by atoms with Crippen LogP contribution in [0.2, 0.25) is 0 Å². The minimum absolute atomic E-state index is 0.202. The Bertz CT molecular complexity index is 680. The summed E-state index contributed by atoms with van der Waals surface area (Å²) in [5, 5.41) is 20.5. The first kappa shape index (κ1) is 12.9. The van der Waals surface area contributed by atoms with Gasteiger partial charge in [-0.25, -0.2) is 4.98 Å². The fourth-order valence-electron chi connectivity index (χ4n) is 1.76. The molecule has 0 saturated carbocycles. The third kappa shape index (κ3) is 2.22. The van der Waals surface area contributed by atoms with Gasteiger partial charge in [-0.3, -0.25) is 5.73 Å². The molecule has 94 valence electrons. The van der Waals surface area contributed by atoms with Crippen molar-refractivity contribution in [2.75, 3.05) is 12.3 Å². The lowest BCUT2D eigenvalue weighted by atomic mass is 10.0. The molecule has 0 aliphatic heterocycles. The molecule has 0 fully saturated rings. The van der Waals surface area contributed by atoms with Crippen molar-refractivity contribution in [1.82, 2.24) is 0 Å². The Kier molecular flexibility index (Phi) is 3.65. The number of nitriles is 2. The number of thiophene rings is 1. The van der Waals surface area contributed by atoms with Crippen LogP contribution in [0, 0.1) is 22.7 Å². The second-order valence-corrected chi connectivity index (χ2v) is 4.57. The number of ether oxygens (including phenoxy) is 1. The lowest BCUT2D eigenvalue weighted by molar-refractivity contribution is -0.377. The number of nitrogens with zero attached hydrogens (tertiary/aromatic N) is 2. The zero-order valence-corrected chi connectivity index (χ0v) is 11.0. The lowest BCUT2D eigenvalue weighted by Gasteiger charge is -2.08. The molecule has 0 amide bonds. The highest BCUT2D eigenvalue weighted by Gasteiger charge is 2.24. The van der Waals surface area contributed by atoms with Gasteiger partial charge in [-0.15, -0.1) is 11.3 Å². The first-order chi connectivity index (χ1) is 9.22. The van der Waals surface area contributed by atoms with Gasteiger partial charge in [0.1, 0.15) is 17.7 Å². The van der Waals surface area contributed by atoms with E-state index in [0.29, 0.717) is 23.6 Å². The molecule has 5 nitrogen and oxygen atoms in total. The van der Waals surface area contributed by atoms with Crippen molar-refractivity contribution in [3.63, 3.8) is 0 Å². The van der Waals surface area contributed by atoms with Crippen molar-refractivity contribution in [2.24, 2.45) is 0 Å². The van der Waals surface area contributed by atoms with Crippen molar-refractivity contribution in [1.29, 1.82) is 10.5 Å². The van der Waals surface area contributed by atoms with Crippen LogP contribution in [-0.2, 0) is 0 Å². The van der Waals surface area contributed by atoms with E-state index in [4.69, 9.17) is 10.5 Å². The number of anilines is 1. The van der Waals surface area contributed by atoms with Crippen LogP contribution < -0.4 is 15.5 Å². The number of rotatable bonds is 3. The van der Waals surface area contributed by atoms with Gasteiger partial charge in [-0.05, 0) is 18.4 Å². The van der Waals surface area contributed by atoms with Gasteiger partial charge < -0.3 is 4.74 Å². The molecule has 2 heterocycles. The fourth-order valence-corrected chi connectivity index (χ4v) is 2.55. The normalized spacial score (nSPS) is 9.63. The van der Waals surface area contributed by atoms with Crippen molar-refractivity contribution in [3.05, 3.63) is 28.6 Å². The summed E-state index contributed by atoms with van der Waals surface area (Å²) in [6, 6.07) is 7.82. The second-order valence-electron chi connectivity index (χ2n) is 3.63. The summed E-state index contributed by atoms with van der Waals surface area (Å²) in [7, 11) is 0. The third-order valence-electron chi connectivity index (χ3n) is 2.52. The van der Waals surface area contributed by atoms with Crippen molar-refractivity contribution in [3.8, 4) is 28.5 Å². The summed E-state index contributed by atoms with van der Waals surface area (Å²) in [4.78, 5) is 3.58. The molecule has 0 aliphatic rings. The highest BCUT2D eigenvalue weighted by Crippen LogP contribution is 2.35. The van der Waals surface area contributed by atoms with Crippen molar-refractivity contribution < 1.29 is 9.72 Å². The molecular weight excluding hydrogens is 260 g/mol. The van der Waals surface area contributed by atoms with Crippen LogP contribution in [0.5, 0.6) is 5.88 Å². The van der Waals surface area contributed by atoms with E-state index in [-0.39, 0.29) is 11.4 Å².